The average Bonchev–Trinajstić information content (AvgIpc) is 2.44. The highest BCUT2D eigenvalue weighted by Crippen LogP contribution is 2.27. The van der Waals surface area contributed by atoms with Gasteiger partial charge in [-0.15, -0.1) is 0 Å². The molecule has 21 heavy (non-hydrogen) atoms. The molecule has 1 aromatic carbocycles. The minimum atomic E-state index is -0.553. The molecule has 0 spiro atoms. The number of hydrogen-bond acceptors (Lipinski definition) is 5. The van der Waals surface area contributed by atoms with Crippen LogP contribution in [0, 0.1) is 0 Å². The summed E-state index contributed by atoms with van der Waals surface area (Å²) in [5, 5.41) is 10.5. The van der Waals surface area contributed by atoms with E-state index in [1.54, 1.807) is 19.1 Å². The van der Waals surface area contributed by atoms with Crippen LogP contribution < -0.4 is 5.63 Å². The van der Waals surface area contributed by atoms with E-state index in [1.165, 1.54) is 18.2 Å². The number of esters is 1. The van der Waals surface area contributed by atoms with E-state index in [-0.39, 0.29) is 17.9 Å². The van der Waals surface area contributed by atoms with Crippen molar-refractivity contribution in [3.8, 4) is 5.75 Å². The molecule has 1 heterocycles. The maximum atomic E-state index is 11.5. The third-order valence-corrected chi connectivity index (χ3v) is 3.08. The van der Waals surface area contributed by atoms with E-state index in [0.29, 0.717) is 17.4 Å². The number of benzene rings is 1. The molecule has 0 fully saturated rings. The predicted molar refractivity (Wildman–Crippen MR) is 78.1 cm³/mol. The molecule has 0 saturated carbocycles. The van der Waals surface area contributed by atoms with Crippen molar-refractivity contribution in [3.05, 3.63) is 51.9 Å². The summed E-state index contributed by atoms with van der Waals surface area (Å²) in [6.07, 6.45) is 3.52. The second-order valence-electron chi connectivity index (χ2n) is 4.53. The lowest BCUT2D eigenvalue weighted by Crippen LogP contribution is -2.06. The lowest BCUT2D eigenvalue weighted by molar-refractivity contribution is -0.138. The molecule has 0 amide bonds. The first-order valence-electron chi connectivity index (χ1n) is 6.63. The van der Waals surface area contributed by atoms with Crippen molar-refractivity contribution in [2.45, 2.75) is 26.9 Å². The smallest absolute Gasteiger partial charge is 0.336 e. The Morgan fingerprint density at radius 2 is 2.10 bits per heavy atom. The van der Waals surface area contributed by atoms with Crippen LogP contribution in [0.15, 0.2) is 39.6 Å². The Bertz CT molecular complexity index is 755. The third kappa shape index (κ3) is 3.31. The van der Waals surface area contributed by atoms with Crippen molar-refractivity contribution in [3.63, 3.8) is 0 Å². The van der Waals surface area contributed by atoms with Crippen LogP contribution >= 0.6 is 0 Å². The number of aromatic hydroxyl groups is 1. The van der Waals surface area contributed by atoms with Crippen LogP contribution in [0.2, 0.25) is 0 Å². The number of hydrogen-bond donors (Lipinski definition) is 1. The Labute approximate surface area is 121 Å². The molecular formula is C16H16O5. The maximum absolute atomic E-state index is 11.5. The number of rotatable bonds is 4. The summed E-state index contributed by atoms with van der Waals surface area (Å²) in [7, 11) is 0. The largest absolute Gasteiger partial charge is 0.508 e. The fourth-order valence-electron chi connectivity index (χ4n) is 2.04. The summed E-state index contributed by atoms with van der Waals surface area (Å²) in [5.74, 6) is -0.399. The van der Waals surface area contributed by atoms with Crippen LogP contribution in [0.25, 0.3) is 11.0 Å². The van der Waals surface area contributed by atoms with Gasteiger partial charge in [-0.2, -0.15) is 0 Å². The van der Waals surface area contributed by atoms with Gasteiger partial charge in [-0.25, -0.2) is 9.59 Å². The summed E-state index contributed by atoms with van der Waals surface area (Å²) >= 11 is 0. The highest BCUT2D eigenvalue weighted by Gasteiger charge is 2.11. The summed E-state index contributed by atoms with van der Waals surface area (Å²) < 4.78 is 10.1. The Balaban J connectivity index is 2.46. The van der Waals surface area contributed by atoms with Crippen LogP contribution in [-0.4, -0.2) is 11.1 Å². The molecule has 110 valence electrons. The molecular weight excluding hydrogens is 272 g/mol. The molecule has 0 unspecified atom stereocenters. The van der Waals surface area contributed by atoms with Crippen molar-refractivity contribution >= 4 is 16.9 Å². The summed E-state index contributed by atoms with van der Waals surface area (Å²) in [4.78, 5) is 22.9. The highest BCUT2D eigenvalue weighted by molar-refractivity contribution is 5.84. The van der Waals surface area contributed by atoms with E-state index in [1.807, 2.05) is 6.92 Å². The zero-order valence-corrected chi connectivity index (χ0v) is 11.9. The van der Waals surface area contributed by atoms with Gasteiger partial charge in [-0.1, -0.05) is 13.0 Å². The molecule has 5 nitrogen and oxygen atoms in total. The van der Waals surface area contributed by atoms with Crippen LogP contribution in [0.3, 0.4) is 0 Å². The number of carbonyl (C=O) groups excluding carboxylic acids is 1. The van der Waals surface area contributed by atoms with Gasteiger partial charge in [-0.3, -0.25) is 0 Å². The van der Waals surface area contributed by atoms with Gasteiger partial charge in [0.05, 0.1) is 0 Å². The molecule has 0 bridgehead atoms. The van der Waals surface area contributed by atoms with E-state index in [2.05, 4.69) is 0 Å². The van der Waals surface area contributed by atoms with Gasteiger partial charge < -0.3 is 14.3 Å². The lowest BCUT2D eigenvalue weighted by Gasteiger charge is -2.08. The lowest BCUT2D eigenvalue weighted by atomic mass is 10.0. The fraction of sp³-hybridized carbons (Fsp3) is 0.250. The Hall–Kier alpha value is -2.56. The molecule has 2 aromatic rings. The Morgan fingerprint density at radius 3 is 2.76 bits per heavy atom. The number of ether oxygens (including phenoxy) is 1. The average molecular weight is 288 g/mol. The monoisotopic (exact) mass is 288 g/mol. The third-order valence-electron chi connectivity index (χ3n) is 3.08. The van der Waals surface area contributed by atoms with Gasteiger partial charge in [0, 0.05) is 29.2 Å². The van der Waals surface area contributed by atoms with Gasteiger partial charge >= 0.3 is 11.6 Å². The molecule has 1 N–H and O–H groups in total. The van der Waals surface area contributed by atoms with Gasteiger partial charge in [0.15, 0.2) is 0 Å². The van der Waals surface area contributed by atoms with Gasteiger partial charge in [0.1, 0.15) is 17.9 Å². The summed E-state index contributed by atoms with van der Waals surface area (Å²) in [6, 6.07) is 4.45. The topological polar surface area (TPSA) is 76.7 Å². The number of fused-ring (bicyclic) bond motifs is 1. The predicted octanol–water partition coefficient (Wildman–Crippen LogP) is 2.68. The zero-order valence-electron chi connectivity index (χ0n) is 11.9. The van der Waals surface area contributed by atoms with Crippen LogP contribution in [0.4, 0.5) is 0 Å². The normalized spacial score (nSPS) is 11.1. The van der Waals surface area contributed by atoms with Crippen molar-refractivity contribution in [2.75, 3.05) is 0 Å². The number of phenols is 1. The molecule has 0 radical (unpaired) electrons. The SMILES string of the molecule is C/C=C/C(=O)OCc1cc(=O)oc2cc(O)c(CC)cc12. The minimum Gasteiger partial charge on any atom is -0.508 e. The first kappa shape index (κ1) is 14.8. The standard InChI is InChI=1S/C16H16O5/c1-3-5-15(18)20-9-11-7-16(19)21-14-8-13(17)10(4-2)6-12(11)14/h3,5-8,17H,4,9H2,1-2H3/b5-3+. The van der Waals surface area contributed by atoms with Gasteiger partial charge in [-0.05, 0) is 25.0 Å². The molecule has 0 aliphatic carbocycles. The van der Waals surface area contributed by atoms with E-state index < -0.39 is 11.6 Å². The quantitative estimate of drug-likeness (QED) is 0.531. The highest BCUT2D eigenvalue weighted by atomic mass is 16.5. The minimum absolute atomic E-state index is 0.0286. The maximum Gasteiger partial charge on any atom is 0.336 e. The Morgan fingerprint density at radius 1 is 1.33 bits per heavy atom. The van der Waals surface area contributed by atoms with Crippen molar-refractivity contribution in [1.29, 1.82) is 0 Å². The van der Waals surface area contributed by atoms with Crippen LogP contribution in [0.1, 0.15) is 25.0 Å². The first-order valence-corrected chi connectivity index (χ1v) is 6.63. The molecule has 0 saturated heterocycles. The van der Waals surface area contributed by atoms with Crippen molar-refractivity contribution in [1.82, 2.24) is 0 Å². The van der Waals surface area contributed by atoms with E-state index in [4.69, 9.17) is 9.15 Å². The van der Waals surface area contributed by atoms with Gasteiger partial charge in [0.2, 0.25) is 0 Å². The molecule has 0 aliphatic heterocycles. The van der Waals surface area contributed by atoms with Crippen molar-refractivity contribution < 1.29 is 19.1 Å². The van der Waals surface area contributed by atoms with E-state index in [0.717, 1.165) is 5.56 Å². The first-order chi connectivity index (χ1) is 10.0. The number of aryl methyl sites for hydroxylation is 1. The molecule has 0 aliphatic rings. The molecule has 0 atom stereocenters. The second-order valence-corrected chi connectivity index (χ2v) is 4.53. The second kappa shape index (κ2) is 6.26. The number of carbonyl (C=O) groups is 1. The fourth-order valence-corrected chi connectivity index (χ4v) is 2.04. The Kier molecular flexibility index (Phi) is 4.42. The van der Waals surface area contributed by atoms with Crippen LogP contribution in [0.5, 0.6) is 5.75 Å². The summed E-state index contributed by atoms with van der Waals surface area (Å²) in [6.45, 7) is 3.59. The molecule has 1 aromatic heterocycles. The van der Waals surface area contributed by atoms with Gasteiger partial charge in [0.25, 0.3) is 0 Å². The molecule has 5 heteroatoms. The van der Waals surface area contributed by atoms with Crippen LogP contribution in [-0.2, 0) is 22.6 Å². The van der Waals surface area contributed by atoms with E-state index in [9.17, 15) is 14.7 Å². The molecule has 2 rings (SSSR count). The number of allylic oxidation sites excluding steroid dienone is 1. The number of phenolic OH excluding ortho intramolecular Hbond substituents is 1. The van der Waals surface area contributed by atoms with Crippen molar-refractivity contribution in [2.24, 2.45) is 0 Å². The van der Waals surface area contributed by atoms with E-state index >= 15 is 0 Å². The zero-order chi connectivity index (χ0) is 15.4. The summed E-state index contributed by atoms with van der Waals surface area (Å²) in [5.41, 5.74) is 1.00.